The first-order chi connectivity index (χ1) is 15.0. The Bertz CT molecular complexity index is 1180. The predicted octanol–water partition coefficient (Wildman–Crippen LogP) is 1.44. The maximum absolute atomic E-state index is 14.5. The molecule has 2 aromatic heterocycles. The first-order valence-corrected chi connectivity index (χ1v) is 9.52. The van der Waals surface area contributed by atoms with Gasteiger partial charge in [0.15, 0.2) is 0 Å². The molecule has 0 saturated carbocycles. The van der Waals surface area contributed by atoms with Gasteiger partial charge < -0.3 is 21.4 Å². The second-order valence-corrected chi connectivity index (χ2v) is 6.91. The number of hydrogen-bond acceptors (Lipinski definition) is 9. The van der Waals surface area contributed by atoms with Crippen LogP contribution in [-0.4, -0.2) is 50.3 Å². The Hall–Kier alpha value is -4.15. The molecule has 0 atom stereocenters. The molecular weight excluding hydrogens is 399 g/mol. The van der Waals surface area contributed by atoms with Crippen molar-refractivity contribution in [1.82, 2.24) is 30.0 Å². The Kier molecular flexibility index (Phi) is 5.39. The minimum Gasteiger partial charge on any atom is -0.398 e. The summed E-state index contributed by atoms with van der Waals surface area (Å²) in [6.45, 7) is 1.93. The first-order valence-electron chi connectivity index (χ1n) is 9.52. The molecule has 3 aromatic rings. The third kappa shape index (κ3) is 3.84. The first kappa shape index (κ1) is 20.1. The normalized spacial score (nSPS) is 13.6. The molecule has 0 amide bonds. The topological polar surface area (TPSA) is 145 Å². The van der Waals surface area contributed by atoms with Crippen molar-refractivity contribution in [1.29, 1.82) is 10.8 Å². The molecule has 158 valence electrons. The van der Waals surface area contributed by atoms with Gasteiger partial charge in [0.05, 0.1) is 24.5 Å². The zero-order chi connectivity index (χ0) is 22.0. The molecular formula is C20H21FN10. The Morgan fingerprint density at radius 2 is 2.00 bits per heavy atom. The van der Waals surface area contributed by atoms with Crippen LogP contribution in [0.5, 0.6) is 0 Å². The molecule has 5 N–H and O–H groups in total. The fourth-order valence-electron chi connectivity index (χ4n) is 3.43. The highest BCUT2D eigenvalue weighted by molar-refractivity contribution is 6.15. The van der Waals surface area contributed by atoms with Crippen molar-refractivity contribution in [3.8, 4) is 0 Å². The lowest BCUT2D eigenvalue weighted by Crippen LogP contribution is -2.35. The van der Waals surface area contributed by atoms with Crippen LogP contribution in [-0.2, 0) is 13.1 Å². The van der Waals surface area contributed by atoms with Crippen molar-refractivity contribution in [3.05, 3.63) is 65.5 Å². The van der Waals surface area contributed by atoms with Gasteiger partial charge in [-0.05, 0) is 12.1 Å². The third-order valence-corrected chi connectivity index (χ3v) is 5.02. The Balaban J connectivity index is 1.67. The lowest BCUT2D eigenvalue weighted by Gasteiger charge is -2.27. The van der Waals surface area contributed by atoms with E-state index in [-0.39, 0.29) is 17.0 Å². The molecule has 1 aliphatic heterocycles. The fourth-order valence-corrected chi connectivity index (χ4v) is 3.43. The van der Waals surface area contributed by atoms with E-state index in [2.05, 4.69) is 25.4 Å². The fraction of sp³-hybridized carbons (Fsp3) is 0.200. The summed E-state index contributed by atoms with van der Waals surface area (Å²) in [4.78, 5) is 14.8. The average Bonchev–Trinajstić information content (AvgIpc) is 3.25. The van der Waals surface area contributed by atoms with Crippen LogP contribution in [0.2, 0.25) is 0 Å². The van der Waals surface area contributed by atoms with Crippen LogP contribution in [0, 0.1) is 16.6 Å². The van der Waals surface area contributed by atoms with E-state index in [1.54, 1.807) is 13.1 Å². The number of aromatic nitrogens is 5. The van der Waals surface area contributed by atoms with Gasteiger partial charge in [-0.3, -0.25) is 5.41 Å². The zero-order valence-electron chi connectivity index (χ0n) is 16.8. The number of nitrogens with one attached hydrogen (secondary N) is 3. The summed E-state index contributed by atoms with van der Waals surface area (Å²) in [6, 6.07) is 4.33. The van der Waals surface area contributed by atoms with E-state index in [0.29, 0.717) is 42.3 Å². The Morgan fingerprint density at radius 3 is 2.77 bits per heavy atom. The summed E-state index contributed by atoms with van der Waals surface area (Å²) in [5.74, 6) is 0.921. The van der Waals surface area contributed by atoms with Crippen molar-refractivity contribution in [3.63, 3.8) is 0 Å². The van der Waals surface area contributed by atoms with Gasteiger partial charge >= 0.3 is 0 Å². The van der Waals surface area contributed by atoms with Crippen molar-refractivity contribution < 1.29 is 4.39 Å². The van der Waals surface area contributed by atoms with E-state index in [0.717, 1.165) is 18.1 Å². The Labute approximate surface area is 177 Å². The van der Waals surface area contributed by atoms with E-state index in [9.17, 15) is 4.39 Å². The number of nitrogen functional groups attached to an aromatic ring is 1. The average molecular weight is 420 g/mol. The van der Waals surface area contributed by atoms with E-state index in [1.807, 2.05) is 9.58 Å². The minimum atomic E-state index is -0.570. The summed E-state index contributed by atoms with van der Waals surface area (Å²) in [7, 11) is 1.66. The summed E-state index contributed by atoms with van der Waals surface area (Å²) in [5, 5.41) is 23.2. The highest BCUT2D eigenvalue weighted by Crippen LogP contribution is 2.26. The molecule has 0 spiro atoms. The molecule has 0 unspecified atom stereocenters. The summed E-state index contributed by atoms with van der Waals surface area (Å²) in [6.07, 6.45) is 5.46. The summed E-state index contributed by atoms with van der Waals surface area (Å²) in [5.41, 5.74) is 7.35. The van der Waals surface area contributed by atoms with Gasteiger partial charge in [0, 0.05) is 54.5 Å². The number of nitrogens with two attached hydrogens (primary N) is 1. The molecule has 31 heavy (non-hydrogen) atoms. The molecule has 3 heterocycles. The van der Waals surface area contributed by atoms with Gasteiger partial charge in [-0.15, -0.1) is 0 Å². The SMILES string of the molecule is CN/C=C(\C=N)c1cc(C(=N)c2cc(N3CCn4ncnc4C3)ncn2)c(N)cc1F. The monoisotopic (exact) mass is 420 g/mol. The molecule has 4 rings (SSSR count). The van der Waals surface area contributed by atoms with E-state index >= 15 is 0 Å². The Morgan fingerprint density at radius 1 is 1.16 bits per heavy atom. The lowest BCUT2D eigenvalue weighted by atomic mass is 9.98. The van der Waals surface area contributed by atoms with Crippen molar-refractivity contribution in [2.45, 2.75) is 13.1 Å². The van der Waals surface area contributed by atoms with Crippen LogP contribution in [0.1, 0.15) is 22.6 Å². The van der Waals surface area contributed by atoms with Crippen LogP contribution in [0.25, 0.3) is 5.57 Å². The molecule has 10 nitrogen and oxygen atoms in total. The molecule has 0 radical (unpaired) electrons. The van der Waals surface area contributed by atoms with Crippen LogP contribution >= 0.6 is 0 Å². The summed E-state index contributed by atoms with van der Waals surface area (Å²) >= 11 is 0. The maximum Gasteiger partial charge on any atom is 0.146 e. The van der Waals surface area contributed by atoms with Gasteiger partial charge in [-0.1, -0.05) is 0 Å². The second-order valence-electron chi connectivity index (χ2n) is 6.91. The maximum atomic E-state index is 14.5. The van der Waals surface area contributed by atoms with Gasteiger partial charge in [0.1, 0.15) is 30.1 Å². The molecule has 1 aromatic carbocycles. The molecule has 0 bridgehead atoms. The summed E-state index contributed by atoms with van der Waals surface area (Å²) < 4.78 is 16.3. The van der Waals surface area contributed by atoms with Crippen molar-refractivity contribution in [2.24, 2.45) is 0 Å². The van der Waals surface area contributed by atoms with Crippen LogP contribution in [0.4, 0.5) is 15.9 Å². The largest absolute Gasteiger partial charge is 0.398 e. The number of benzene rings is 1. The third-order valence-electron chi connectivity index (χ3n) is 5.02. The van der Waals surface area contributed by atoms with Gasteiger partial charge in [0.2, 0.25) is 0 Å². The van der Waals surface area contributed by atoms with Crippen molar-refractivity contribution >= 4 is 29.0 Å². The van der Waals surface area contributed by atoms with Crippen molar-refractivity contribution in [2.75, 3.05) is 24.2 Å². The van der Waals surface area contributed by atoms with Crippen LogP contribution in [0.3, 0.4) is 0 Å². The van der Waals surface area contributed by atoms with Crippen LogP contribution in [0.15, 0.2) is 37.1 Å². The number of allylic oxidation sites excluding steroid dienone is 1. The number of nitrogens with zero attached hydrogens (tertiary/aromatic N) is 6. The lowest BCUT2D eigenvalue weighted by molar-refractivity contribution is 0.510. The quantitative estimate of drug-likeness (QED) is 0.349. The molecule has 1 aliphatic rings. The second kappa shape index (κ2) is 8.30. The van der Waals surface area contributed by atoms with Gasteiger partial charge in [-0.25, -0.2) is 24.0 Å². The zero-order valence-corrected chi connectivity index (χ0v) is 16.8. The number of rotatable bonds is 6. The molecule has 0 aliphatic carbocycles. The highest BCUT2D eigenvalue weighted by Gasteiger charge is 2.21. The minimum absolute atomic E-state index is 0.0383. The molecule has 11 heteroatoms. The van der Waals surface area contributed by atoms with Crippen LogP contribution < -0.4 is 16.0 Å². The molecule has 0 fully saturated rings. The van der Waals surface area contributed by atoms with Gasteiger partial charge in [-0.2, -0.15) is 5.10 Å². The smallest absolute Gasteiger partial charge is 0.146 e. The number of hydrogen-bond donors (Lipinski definition) is 4. The van der Waals surface area contributed by atoms with E-state index in [4.69, 9.17) is 16.6 Å². The predicted molar refractivity (Wildman–Crippen MR) is 116 cm³/mol. The number of anilines is 2. The standard InChI is InChI=1S/C20H21FN10/c1-25-8-12(7-22)13-4-14(16(23)5-15(13)21)20(24)17-6-18(27-10-26-17)30-2-3-31-19(9-30)28-11-29-31/h4-8,10-11,22,24-25H,2-3,9,23H2,1H3/b12-8+,22-7?,24-20?. The van der Waals surface area contributed by atoms with E-state index in [1.165, 1.54) is 24.9 Å². The van der Waals surface area contributed by atoms with Gasteiger partial charge in [0.25, 0.3) is 0 Å². The molecule has 0 saturated heterocycles. The van der Waals surface area contributed by atoms with E-state index < -0.39 is 5.82 Å². The number of fused-ring (bicyclic) bond motifs is 1. The highest BCUT2D eigenvalue weighted by atomic mass is 19.1. The number of halogens is 1.